The van der Waals surface area contributed by atoms with Crippen LogP contribution in [0.1, 0.15) is 25.0 Å². The molecule has 0 radical (unpaired) electrons. The zero-order valence-electron chi connectivity index (χ0n) is 16.0. The molecule has 0 bridgehead atoms. The van der Waals surface area contributed by atoms with E-state index in [-0.39, 0.29) is 5.41 Å². The number of hydrogen-bond acceptors (Lipinski definition) is 0. The highest BCUT2D eigenvalue weighted by Gasteiger charge is 2.35. The number of benzene rings is 4. The van der Waals surface area contributed by atoms with E-state index in [0.29, 0.717) is 0 Å². The lowest BCUT2D eigenvalue weighted by atomic mass is 9.81. The van der Waals surface area contributed by atoms with Crippen LogP contribution in [0.25, 0.3) is 33.4 Å². The monoisotopic (exact) mass is 424 g/mol. The highest BCUT2D eigenvalue weighted by atomic mass is 79.9. The van der Waals surface area contributed by atoms with E-state index in [1.54, 1.807) is 0 Å². The minimum atomic E-state index is 0.00837. The van der Waals surface area contributed by atoms with Crippen LogP contribution in [0.3, 0.4) is 0 Å². The van der Waals surface area contributed by atoms with Crippen LogP contribution in [0.15, 0.2) is 95.5 Å². The minimum absolute atomic E-state index is 0.00837. The molecular weight excluding hydrogens is 404 g/mol. The molecular formula is C27H21Br. The largest absolute Gasteiger partial charge is 0.0622 e. The van der Waals surface area contributed by atoms with E-state index in [1.165, 1.54) is 44.5 Å². The van der Waals surface area contributed by atoms with Crippen molar-refractivity contribution < 1.29 is 0 Å². The van der Waals surface area contributed by atoms with Crippen molar-refractivity contribution in [1.29, 1.82) is 0 Å². The third kappa shape index (κ3) is 2.73. The SMILES string of the molecule is CC1(C)c2cc(Br)ccc2-c2ccc(-c3ccc(-c4ccccc4)cc3)cc21. The van der Waals surface area contributed by atoms with Gasteiger partial charge in [-0.25, -0.2) is 0 Å². The van der Waals surface area contributed by atoms with Crippen LogP contribution in [-0.4, -0.2) is 0 Å². The molecule has 136 valence electrons. The molecule has 28 heavy (non-hydrogen) atoms. The lowest BCUT2D eigenvalue weighted by Crippen LogP contribution is -2.15. The minimum Gasteiger partial charge on any atom is -0.0622 e. The van der Waals surface area contributed by atoms with Gasteiger partial charge in [0.05, 0.1) is 0 Å². The summed E-state index contributed by atoms with van der Waals surface area (Å²) >= 11 is 3.64. The Morgan fingerprint density at radius 3 is 1.71 bits per heavy atom. The Bertz CT molecular complexity index is 1170. The Morgan fingerprint density at radius 1 is 0.536 bits per heavy atom. The van der Waals surface area contributed by atoms with Crippen LogP contribution in [0.2, 0.25) is 0 Å². The van der Waals surface area contributed by atoms with Gasteiger partial charge in [-0.05, 0) is 62.7 Å². The van der Waals surface area contributed by atoms with Gasteiger partial charge in [-0.2, -0.15) is 0 Å². The van der Waals surface area contributed by atoms with Gasteiger partial charge in [0.15, 0.2) is 0 Å². The fraction of sp³-hybridized carbons (Fsp3) is 0.111. The molecule has 4 aromatic carbocycles. The maximum Gasteiger partial charge on any atom is 0.0178 e. The van der Waals surface area contributed by atoms with Crippen LogP contribution in [0.4, 0.5) is 0 Å². The van der Waals surface area contributed by atoms with E-state index in [0.717, 1.165) is 4.47 Å². The van der Waals surface area contributed by atoms with E-state index in [9.17, 15) is 0 Å². The van der Waals surface area contributed by atoms with Crippen molar-refractivity contribution in [1.82, 2.24) is 0 Å². The van der Waals surface area contributed by atoms with Crippen LogP contribution < -0.4 is 0 Å². The molecule has 4 aromatic rings. The number of rotatable bonds is 2. The van der Waals surface area contributed by atoms with Crippen molar-refractivity contribution in [2.45, 2.75) is 19.3 Å². The van der Waals surface area contributed by atoms with Crippen molar-refractivity contribution in [2.75, 3.05) is 0 Å². The van der Waals surface area contributed by atoms with Gasteiger partial charge in [0, 0.05) is 9.89 Å². The third-order valence-corrected chi connectivity index (χ3v) is 6.46. The maximum absolute atomic E-state index is 3.64. The Kier molecular flexibility index (Phi) is 4.03. The topological polar surface area (TPSA) is 0 Å². The number of fused-ring (bicyclic) bond motifs is 3. The van der Waals surface area contributed by atoms with Crippen molar-refractivity contribution in [3.05, 3.63) is 107 Å². The average molecular weight is 425 g/mol. The van der Waals surface area contributed by atoms with Crippen molar-refractivity contribution in [3.63, 3.8) is 0 Å². The van der Waals surface area contributed by atoms with Gasteiger partial charge >= 0.3 is 0 Å². The highest BCUT2D eigenvalue weighted by molar-refractivity contribution is 9.10. The third-order valence-electron chi connectivity index (χ3n) is 5.96. The van der Waals surface area contributed by atoms with Crippen LogP contribution >= 0.6 is 15.9 Å². The zero-order chi connectivity index (χ0) is 19.3. The smallest absolute Gasteiger partial charge is 0.0178 e. The van der Waals surface area contributed by atoms with Crippen LogP contribution in [-0.2, 0) is 5.41 Å². The summed E-state index contributed by atoms with van der Waals surface area (Å²) in [5.74, 6) is 0. The molecule has 0 amide bonds. The van der Waals surface area contributed by atoms with Gasteiger partial charge in [-0.15, -0.1) is 0 Å². The first-order valence-electron chi connectivity index (χ1n) is 9.65. The average Bonchev–Trinajstić information content (AvgIpc) is 2.95. The molecule has 5 rings (SSSR count). The quantitative estimate of drug-likeness (QED) is 0.304. The summed E-state index contributed by atoms with van der Waals surface area (Å²) in [7, 11) is 0. The first-order valence-corrected chi connectivity index (χ1v) is 10.4. The molecule has 0 atom stereocenters. The maximum atomic E-state index is 3.64. The summed E-state index contributed by atoms with van der Waals surface area (Å²) in [5, 5.41) is 0. The van der Waals surface area contributed by atoms with Gasteiger partial charge in [-0.3, -0.25) is 0 Å². The molecule has 0 aliphatic heterocycles. The van der Waals surface area contributed by atoms with Crippen LogP contribution in [0.5, 0.6) is 0 Å². The molecule has 0 nitrogen and oxygen atoms in total. The highest BCUT2D eigenvalue weighted by Crippen LogP contribution is 2.50. The molecule has 0 saturated heterocycles. The van der Waals surface area contributed by atoms with Gasteiger partial charge in [0.25, 0.3) is 0 Å². The molecule has 0 N–H and O–H groups in total. The van der Waals surface area contributed by atoms with Crippen LogP contribution in [0, 0.1) is 0 Å². The second kappa shape index (κ2) is 6.46. The molecule has 1 aliphatic carbocycles. The lowest BCUT2D eigenvalue weighted by molar-refractivity contribution is 0.660. The number of hydrogen-bond donors (Lipinski definition) is 0. The molecule has 0 saturated carbocycles. The predicted molar refractivity (Wildman–Crippen MR) is 123 cm³/mol. The summed E-state index contributed by atoms with van der Waals surface area (Å²) in [5.41, 5.74) is 10.6. The number of halogens is 1. The summed E-state index contributed by atoms with van der Waals surface area (Å²) < 4.78 is 1.14. The Labute approximate surface area is 175 Å². The normalized spacial score (nSPS) is 13.8. The summed E-state index contributed by atoms with van der Waals surface area (Å²) in [6.45, 7) is 4.65. The first-order chi connectivity index (χ1) is 13.5. The summed E-state index contributed by atoms with van der Waals surface area (Å²) in [4.78, 5) is 0. The van der Waals surface area contributed by atoms with E-state index in [2.05, 4.69) is 121 Å². The summed E-state index contributed by atoms with van der Waals surface area (Å²) in [6.07, 6.45) is 0. The van der Waals surface area contributed by atoms with Gasteiger partial charge in [-0.1, -0.05) is 103 Å². The second-order valence-corrected chi connectivity index (χ2v) is 8.93. The molecule has 0 aromatic heterocycles. The fourth-order valence-electron chi connectivity index (χ4n) is 4.38. The van der Waals surface area contributed by atoms with Crippen molar-refractivity contribution in [3.8, 4) is 33.4 Å². The first kappa shape index (κ1) is 17.5. The molecule has 0 unspecified atom stereocenters. The summed E-state index contributed by atoms with van der Waals surface area (Å²) in [6, 6.07) is 33.0. The van der Waals surface area contributed by atoms with E-state index < -0.39 is 0 Å². The van der Waals surface area contributed by atoms with Gasteiger partial charge in [0.1, 0.15) is 0 Å². The van der Waals surface area contributed by atoms with E-state index >= 15 is 0 Å². The molecule has 0 heterocycles. The van der Waals surface area contributed by atoms with Gasteiger partial charge in [0.2, 0.25) is 0 Å². The molecule has 1 aliphatic rings. The van der Waals surface area contributed by atoms with Gasteiger partial charge < -0.3 is 0 Å². The zero-order valence-corrected chi connectivity index (χ0v) is 17.6. The fourth-order valence-corrected chi connectivity index (χ4v) is 4.74. The second-order valence-electron chi connectivity index (χ2n) is 8.02. The van der Waals surface area contributed by atoms with Crippen molar-refractivity contribution >= 4 is 15.9 Å². The predicted octanol–water partition coefficient (Wildman–Crippen LogP) is 8.09. The lowest BCUT2D eigenvalue weighted by Gasteiger charge is -2.22. The molecule has 1 heteroatoms. The standard InChI is InChI=1S/C27H21Br/c1-27(2)25-16-21(12-14-23(25)24-15-13-22(28)17-26(24)27)20-10-8-19(9-11-20)18-6-4-3-5-7-18/h3-17H,1-2H3. The van der Waals surface area contributed by atoms with E-state index in [4.69, 9.17) is 0 Å². The van der Waals surface area contributed by atoms with Crippen molar-refractivity contribution in [2.24, 2.45) is 0 Å². The Hall–Kier alpha value is -2.64. The Morgan fingerprint density at radius 2 is 1.04 bits per heavy atom. The van der Waals surface area contributed by atoms with E-state index in [1.807, 2.05) is 0 Å². The molecule has 0 fully saturated rings. The molecule has 0 spiro atoms. The Balaban J connectivity index is 1.56.